The van der Waals surface area contributed by atoms with Crippen LogP contribution in [0.4, 0.5) is 9.18 Å². The molecule has 3 aromatic rings. The molecule has 0 spiro atoms. The number of imidazole rings is 1. The predicted octanol–water partition coefficient (Wildman–Crippen LogP) is 3.84. The van der Waals surface area contributed by atoms with E-state index < -0.39 is 12.0 Å². The van der Waals surface area contributed by atoms with Gasteiger partial charge in [-0.15, -0.1) is 0 Å². The molecule has 4 rings (SSSR count). The van der Waals surface area contributed by atoms with Crippen LogP contribution in [0.2, 0.25) is 0 Å². The lowest BCUT2D eigenvalue weighted by Gasteiger charge is -2.28. The van der Waals surface area contributed by atoms with Gasteiger partial charge in [-0.1, -0.05) is 6.07 Å². The minimum absolute atomic E-state index is 0.111. The van der Waals surface area contributed by atoms with Gasteiger partial charge >= 0.3 is 6.09 Å². The summed E-state index contributed by atoms with van der Waals surface area (Å²) in [6.45, 7) is 2.85. The van der Waals surface area contributed by atoms with Crippen LogP contribution < -0.4 is 0 Å². The zero-order valence-corrected chi connectivity index (χ0v) is 15.4. The Morgan fingerprint density at radius 1 is 1.25 bits per heavy atom. The molecule has 2 N–H and O–H groups in total. The Hall–Kier alpha value is -3.29. The molecule has 1 saturated heterocycles. The largest absolute Gasteiger partial charge is 0.465 e. The molecule has 0 unspecified atom stereocenters. The maximum atomic E-state index is 13.7. The molecular formula is C20H20FN5O2. The van der Waals surface area contributed by atoms with Gasteiger partial charge in [-0.2, -0.15) is 4.39 Å². The standard InChI is InChI=1S/C20H20FN5O2/c1-12-3-2-4-15(23-12)18-17(14-5-8-22-16(21)11-14)24-19(25-18)13-6-9-26(10-7-13)20(27)28/h2-5,8,11,13H,6-7,9-10H2,1H3,(H,24,25)(H,27,28). The van der Waals surface area contributed by atoms with Crippen molar-refractivity contribution >= 4 is 6.09 Å². The predicted molar refractivity (Wildman–Crippen MR) is 101 cm³/mol. The van der Waals surface area contributed by atoms with E-state index in [1.165, 1.54) is 17.2 Å². The van der Waals surface area contributed by atoms with Gasteiger partial charge in [-0.25, -0.2) is 14.8 Å². The second-order valence-corrected chi connectivity index (χ2v) is 6.92. The fraction of sp³-hybridized carbons (Fsp3) is 0.300. The highest BCUT2D eigenvalue weighted by Crippen LogP contribution is 2.34. The number of H-pyrrole nitrogens is 1. The third-order valence-corrected chi connectivity index (χ3v) is 5.02. The number of aryl methyl sites for hydroxylation is 1. The molecule has 3 aromatic heterocycles. The maximum absolute atomic E-state index is 13.7. The number of nitrogens with one attached hydrogen (secondary N) is 1. The van der Waals surface area contributed by atoms with E-state index in [9.17, 15) is 9.18 Å². The maximum Gasteiger partial charge on any atom is 0.407 e. The van der Waals surface area contributed by atoms with Crippen molar-refractivity contribution in [2.24, 2.45) is 0 Å². The van der Waals surface area contributed by atoms with Crippen LogP contribution >= 0.6 is 0 Å². The van der Waals surface area contributed by atoms with Gasteiger partial charge in [-0.3, -0.25) is 4.98 Å². The summed E-state index contributed by atoms with van der Waals surface area (Å²) in [5.41, 5.74) is 3.57. The Balaban J connectivity index is 1.73. The quantitative estimate of drug-likeness (QED) is 0.672. The van der Waals surface area contributed by atoms with E-state index in [2.05, 4.69) is 15.0 Å². The van der Waals surface area contributed by atoms with Crippen molar-refractivity contribution in [1.82, 2.24) is 24.8 Å². The van der Waals surface area contributed by atoms with Crippen LogP contribution in [-0.2, 0) is 0 Å². The normalized spacial score (nSPS) is 15.0. The number of piperidine rings is 1. The van der Waals surface area contributed by atoms with Crippen LogP contribution in [0.1, 0.15) is 30.3 Å². The second-order valence-electron chi connectivity index (χ2n) is 6.92. The summed E-state index contributed by atoms with van der Waals surface area (Å²) in [5, 5.41) is 9.15. The molecule has 144 valence electrons. The van der Waals surface area contributed by atoms with Crippen LogP contribution in [-0.4, -0.2) is 49.1 Å². The second kappa shape index (κ2) is 7.38. The number of likely N-dealkylation sites (tertiary alicyclic amines) is 1. The molecule has 28 heavy (non-hydrogen) atoms. The van der Waals surface area contributed by atoms with E-state index >= 15 is 0 Å². The third kappa shape index (κ3) is 3.58. The zero-order chi connectivity index (χ0) is 19.7. The first-order chi connectivity index (χ1) is 13.5. The highest BCUT2D eigenvalue weighted by atomic mass is 19.1. The monoisotopic (exact) mass is 381 g/mol. The average molecular weight is 381 g/mol. The van der Waals surface area contributed by atoms with Crippen molar-refractivity contribution in [3.8, 4) is 22.6 Å². The van der Waals surface area contributed by atoms with Crippen LogP contribution in [0.3, 0.4) is 0 Å². The summed E-state index contributed by atoms with van der Waals surface area (Å²) in [7, 11) is 0. The first-order valence-electron chi connectivity index (χ1n) is 9.15. The highest BCUT2D eigenvalue weighted by Gasteiger charge is 2.27. The lowest BCUT2D eigenvalue weighted by atomic mass is 9.96. The number of pyridine rings is 2. The number of hydrogen-bond acceptors (Lipinski definition) is 4. The van der Waals surface area contributed by atoms with E-state index in [1.54, 1.807) is 6.07 Å². The topological polar surface area (TPSA) is 95.0 Å². The molecule has 8 heteroatoms. The zero-order valence-electron chi connectivity index (χ0n) is 15.4. The van der Waals surface area contributed by atoms with Gasteiger partial charge in [0.25, 0.3) is 0 Å². The van der Waals surface area contributed by atoms with Crippen LogP contribution in [0.15, 0.2) is 36.5 Å². The molecule has 1 aliphatic rings. The summed E-state index contributed by atoms with van der Waals surface area (Å²) in [6.07, 6.45) is 1.89. The Labute approximate surface area is 161 Å². The summed E-state index contributed by atoms with van der Waals surface area (Å²) in [5.74, 6) is 0.315. The Morgan fingerprint density at radius 3 is 2.71 bits per heavy atom. The van der Waals surface area contributed by atoms with Gasteiger partial charge in [0, 0.05) is 42.5 Å². The van der Waals surface area contributed by atoms with E-state index in [0.29, 0.717) is 37.2 Å². The molecule has 0 aromatic carbocycles. The SMILES string of the molecule is Cc1cccc(-c2[nH]c(C3CCN(C(=O)O)CC3)nc2-c2ccnc(F)c2)n1. The number of carbonyl (C=O) groups is 1. The Kier molecular flexibility index (Phi) is 4.77. The summed E-state index contributed by atoms with van der Waals surface area (Å²) in [6, 6.07) is 8.79. The molecule has 4 heterocycles. The first kappa shape index (κ1) is 18.1. The summed E-state index contributed by atoms with van der Waals surface area (Å²) < 4.78 is 13.7. The fourth-order valence-electron chi connectivity index (χ4n) is 3.56. The minimum Gasteiger partial charge on any atom is -0.465 e. The molecule has 7 nitrogen and oxygen atoms in total. The number of carboxylic acid groups (broad SMARTS) is 1. The van der Waals surface area contributed by atoms with Gasteiger partial charge in [0.1, 0.15) is 5.82 Å². The average Bonchev–Trinajstić information content (AvgIpc) is 3.13. The molecule has 0 atom stereocenters. The number of amides is 1. The van der Waals surface area contributed by atoms with Crippen LogP contribution in [0.25, 0.3) is 22.6 Å². The Bertz CT molecular complexity index is 948. The number of rotatable bonds is 3. The third-order valence-electron chi connectivity index (χ3n) is 5.02. The van der Waals surface area contributed by atoms with Crippen LogP contribution in [0, 0.1) is 12.9 Å². The van der Waals surface area contributed by atoms with E-state index in [0.717, 1.165) is 22.9 Å². The minimum atomic E-state index is -0.893. The van der Waals surface area contributed by atoms with Crippen molar-refractivity contribution in [2.75, 3.05) is 13.1 Å². The molecule has 1 aliphatic heterocycles. The van der Waals surface area contributed by atoms with E-state index in [1.807, 2.05) is 25.1 Å². The lowest BCUT2D eigenvalue weighted by molar-refractivity contribution is 0.131. The highest BCUT2D eigenvalue weighted by molar-refractivity contribution is 5.76. The number of aromatic nitrogens is 4. The molecular weight excluding hydrogens is 361 g/mol. The lowest BCUT2D eigenvalue weighted by Crippen LogP contribution is -2.37. The Morgan fingerprint density at radius 2 is 2.04 bits per heavy atom. The molecule has 0 aliphatic carbocycles. The molecule has 0 saturated carbocycles. The van der Waals surface area contributed by atoms with Gasteiger partial charge in [0.2, 0.25) is 5.95 Å². The summed E-state index contributed by atoms with van der Waals surface area (Å²) >= 11 is 0. The van der Waals surface area contributed by atoms with Crippen molar-refractivity contribution in [3.63, 3.8) is 0 Å². The van der Waals surface area contributed by atoms with Crippen molar-refractivity contribution in [1.29, 1.82) is 0 Å². The molecule has 1 amide bonds. The van der Waals surface area contributed by atoms with Gasteiger partial charge in [-0.05, 0) is 38.0 Å². The van der Waals surface area contributed by atoms with Gasteiger partial charge in [0.15, 0.2) is 0 Å². The molecule has 1 fully saturated rings. The number of halogens is 1. The first-order valence-corrected chi connectivity index (χ1v) is 9.15. The number of aromatic amines is 1. The van der Waals surface area contributed by atoms with Gasteiger partial charge < -0.3 is 15.0 Å². The van der Waals surface area contributed by atoms with Crippen molar-refractivity contribution < 1.29 is 14.3 Å². The number of nitrogens with zero attached hydrogens (tertiary/aromatic N) is 4. The fourth-order valence-corrected chi connectivity index (χ4v) is 3.56. The summed E-state index contributed by atoms with van der Waals surface area (Å²) in [4.78, 5) is 28.9. The van der Waals surface area contributed by atoms with Crippen molar-refractivity contribution in [2.45, 2.75) is 25.7 Å². The van der Waals surface area contributed by atoms with Crippen LogP contribution in [0.5, 0.6) is 0 Å². The van der Waals surface area contributed by atoms with E-state index in [-0.39, 0.29) is 5.92 Å². The van der Waals surface area contributed by atoms with E-state index in [4.69, 9.17) is 10.1 Å². The number of hydrogen-bond donors (Lipinski definition) is 2. The smallest absolute Gasteiger partial charge is 0.407 e. The van der Waals surface area contributed by atoms with Crippen molar-refractivity contribution in [3.05, 3.63) is 54.0 Å². The van der Waals surface area contributed by atoms with Gasteiger partial charge in [0.05, 0.1) is 17.1 Å². The molecule has 0 radical (unpaired) electrons. The molecule has 0 bridgehead atoms.